The van der Waals surface area contributed by atoms with Gasteiger partial charge in [-0.1, -0.05) is 13.8 Å². The van der Waals surface area contributed by atoms with E-state index in [4.69, 9.17) is 14.9 Å². The fourth-order valence-corrected chi connectivity index (χ4v) is 2.53. The zero-order valence-electron chi connectivity index (χ0n) is 15.0. The minimum Gasteiger partial charge on any atom is -0.493 e. The minimum atomic E-state index is -0.284. The number of carbonyl (C=O) groups excluding carboxylic acids is 1. The Labute approximate surface area is 152 Å². The summed E-state index contributed by atoms with van der Waals surface area (Å²) in [5.74, 6) is 1.97. The third-order valence-electron chi connectivity index (χ3n) is 4.01. The molecule has 3 rings (SSSR count). The first-order valence-electron chi connectivity index (χ1n) is 8.67. The van der Waals surface area contributed by atoms with Gasteiger partial charge in [0.15, 0.2) is 0 Å². The molecule has 1 amide bonds. The second-order valence-corrected chi connectivity index (χ2v) is 6.56. The Kier molecular flexibility index (Phi) is 5.41. The number of rotatable bonds is 7. The van der Waals surface area contributed by atoms with Crippen molar-refractivity contribution in [2.24, 2.45) is 5.92 Å². The van der Waals surface area contributed by atoms with E-state index in [1.807, 2.05) is 24.3 Å². The number of hydrogen-bond donors (Lipinski definition) is 2. The fraction of sp³-hybridized carbons (Fsp3) is 0.300. The second kappa shape index (κ2) is 7.91. The summed E-state index contributed by atoms with van der Waals surface area (Å²) >= 11 is 0. The van der Waals surface area contributed by atoms with E-state index in [1.165, 1.54) is 0 Å². The van der Waals surface area contributed by atoms with Crippen LogP contribution in [-0.2, 0) is 6.54 Å². The van der Waals surface area contributed by atoms with Crippen molar-refractivity contribution in [3.8, 4) is 5.75 Å². The van der Waals surface area contributed by atoms with E-state index in [2.05, 4.69) is 24.1 Å². The van der Waals surface area contributed by atoms with Crippen LogP contribution in [0.2, 0.25) is 0 Å². The number of nitrogens with one attached hydrogen (secondary N) is 1. The van der Waals surface area contributed by atoms with Gasteiger partial charge in [0.1, 0.15) is 22.9 Å². The van der Waals surface area contributed by atoms with Crippen LogP contribution in [0.5, 0.6) is 5.75 Å². The highest BCUT2D eigenvalue weighted by molar-refractivity contribution is 5.98. The van der Waals surface area contributed by atoms with Crippen molar-refractivity contribution < 1.29 is 13.9 Å². The van der Waals surface area contributed by atoms with Gasteiger partial charge in [0, 0.05) is 17.6 Å². The average molecular weight is 353 g/mol. The predicted molar refractivity (Wildman–Crippen MR) is 101 cm³/mol. The van der Waals surface area contributed by atoms with Crippen LogP contribution >= 0.6 is 0 Å². The largest absolute Gasteiger partial charge is 0.493 e. The van der Waals surface area contributed by atoms with Crippen LogP contribution in [0.1, 0.15) is 36.4 Å². The van der Waals surface area contributed by atoms with Crippen LogP contribution in [0.15, 0.2) is 47.0 Å². The number of anilines is 1. The summed E-state index contributed by atoms with van der Waals surface area (Å²) in [6.07, 6.45) is 2.55. The lowest BCUT2D eigenvalue weighted by Gasteiger charge is -2.07. The number of nitrogens with two attached hydrogens (primary N) is 1. The van der Waals surface area contributed by atoms with Crippen molar-refractivity contribution in [3.63, 3.8) is 0 Å². The summed E-state index contributed by atoms with van der Waals surface area (Å²) < 4.78 is 11.6. The Bertz CT molecular complexity index is 902. The van der Waals surface area contributed by atoms with Gasteiger partial charge in [0.2, 0.25) is 0 Å². The zero-order chi connectivity index (χ0) is 18.5. The second-order valence-electron chi connectivity index (χ2n) is 6.56. The molecule has 0 saturated heterocycles. The van der Waals surface area contributed by atoms with Crippen molar-refractivity contribution >= 4 is 22.7 Å². The standard InChI is InChI=1S/C20H23N3O3/c1-13(2)7-9-25-15-6-5-14-10-16(26-18(14)11-15)12-23-20(24)17-4-3-8-22-19(17)21/h3-6,8,10-11,13H,7,9,12H2,1-2H3,(H2,21,22)(H,23,24). The van der Waals surface area contributed by atoms with Crippen molar-refractivity contribution in [3.05, 3.63) is 53.9 Å². The molecule has 0 unspecified atom stereocenters. The molecule has 0 bridgehead atoms. The number of pyridine rings is 1. The van der Waals surface area contributed by atoms with Gasteiger partial charge in [-0.3, -0.25) is 4.79 Å². The Morgan fingerprint density at radius 1 is 1.31 bits per heavy atom. The van der Waals surface area contributed by atoms with Gasteiger partial charge in [0.05, 0.1) is 18.7 Å². The highest BCUT2D eigenvalue weighted by atomic mass is 16.5. The van der Waals surface area contributed by atoms with E-state index in [1.54, 1.807) is 18.3 Å². The lowest BCUT2D eigenvalue weighted by atomic mass is 10.1. The topological polar surface area (TPSA) is 90.4 Å². The molecular formula is C20H23N3O3. The Balaban J connectivity index is 1.63. The number of carbonyl (C=O) groups is 1. The number of furan rings is 1. The van der Waals surface area contributed by atoms with Gasteiger partial charge in [-0.05, 0) is 42.7 Å². The van der Waals surface area contributed by atoms with Crippen molar-refractivity contribution in [2.75, 3.05) is 12.3 Å². The predicted octanol–water partition coefficient (Wildman–Crippen LogP) is 3.76. The Morgan fingerprint density at radius 2 is 2.15 bits per heavy atom. The summed E-state index contributed by atoms with van der Waals surface area (Å²) in [4.78, 5) is 16.1. The third-order valence-corrected chi connectivity index (χ3v) is 4.01. The molecule has 0 fully saturated rings. The maximum atomic E-state index is 12.2. The number of hydrogen-bond acceptors (Lipinski definition) is 5. The van der Waals surface area contributed by atoms with Crippen LogP contribution < -0.4 is 15.8 Å². The first-order valence-corrected chi connectivity index (χ1v) is 8.67. The number of nitrogens with zero attached hydrogens (tertiary/aromatic N) is 1. The van der Waals surface area contributed by atoms with E-state index in [9.17, 15) is 4.79 Å². The highest BCUT2D eigenvalue weighted by Gasteiger charge is 2.11. The van der Waals surface area contributed by atoms with Crippen LogP contribution in [0.3, 0.4) is 0 Å². The normalized spacial score (nSPS) is 11.0. The summed E-state index contributed by atoms with van der Waals surface area (Å²) in [6, 6.07) is 11.0. The lowest BCUT2D eigenvalue weighted by Crippen LogP contribution is -2.23. The number of benzene rings is 1. The number of aromatic nitrogens is 1. The number of ether oxygens (including phenoxy) is 1. The molecule has 0 atom stereocenters. The van der Waals surface area contributed by atoms with Crippen molar-refractivity contribution in [1.29, 1.82) is 0 Å². The molecule has 0 spiro atoms. The number of amides is 1. The molecule has 6 nitrogen and oxygen atoms in total. The van der Waals surface area contributed by atoms with E-state index < -0.39 is 0 Å². The maximum absolute atomic E-state index is 12.2. The van der Waals surface area contributed by atoms with E-state index >= 15 is 0 Å². The molecule has 0 aliphatic rings. The van der Waals surface area contributed by atoms with Gasteiger partial charge in [-0.15, -0.1) is 0 Å². The zero-order valence-corrected chi connectivity index (χ0v) is 15.0. The fourth-order valence-electron chi connectivity index (χ4n) is 2.53. The highest BCUT2D eigenvalue weighted by Crippen LogP contribution is 2.24. The quantitative estimate of drug-likeness (QED) is 0.675. The number of fused-ring (bicyclic) bond motifs is 1. The molecule has 2 heterocycles. The van der Waals surface area contributed by atoms with Crippen molar-refractivity contribution in [1.82, 2.24) is 10.3 Å². The SMILES string of the molecule is CC(C)CCOc1ccc2cc(CNC(=O)c3cccnc3N)oc2c1. The monoisotopic (exact) mass is 353 g/mol. The average Bonchev–Trinajstić information content (AvgIpc) is 3.02. The van der Waals surface area contributed by atoms with Gasteiger partial charge in [-0.25, -0.2) is 4.98 Å². The minimum absolute atomic E-state index is 0.206. The molecule has 1 aromatic carbocycles. The number of nitrogen functional groups attached to an aromatic ring is 1. The first kappa shape index (κ1) is 17.8. The van der Waals surface area contributed by atoms with Gasteiger partial charge in [-0.2, -0.15) is 0 Å². The molecule has 6 heteroatoms. The first-order chi connectivity index (χ1) is 12.5. The molecule has 136 valence electrons. The lowest BCUT2D eigenvalue weighted by molar-refractivity contribution is 0.0949. The van der Waals surface area contributed by atoms with Crippen molar-refractivity contribution in [2.45, 2.75) is 26.8 Å². The van der Waals surface area contributed by atoms with Crippen LogP contribution in [0, 0.1) is 5.92 Å². The summed E-state index contributed by atoms with van der Waals surface area (Å²) in [7, 11) is 0. The van der Waals surface area contributed by atoms with E-state index in [0.717, 1.165) is 23.1 Å². The van der Waals surface area contributed by atoms with Gasteiger partial charge >= 0.3 is 0 Å². The molecule has 0 saturated carbocycles. The molecule has 3 N–H and O–H groups in total. The third kappa shape index (κ3) is 4.33. The van der Waals surface area contributed by atoms with Gasteiger partial charge < -0.3 is 20.2 Å². The Morgan fingerprint density at radius 3 is 2.92 bits per heavy atom. The Hall–Kier alpha value is -3.02. The molecular weight excluding hydrogens is 330 g/mol. The molecule has 0 aliphatic carbocycles. The van der Waals surface area contributed by atoms with Crippen LogP contribution in [-0.4, -0.2) is 17.5 Å². The summed E-state index contributed by atoms with van der Waals surface area (Å²) in [5.41, 5.74) is 6.80. The summed E-state index contributed by atoms with van der Waals surface area (Å²) in [6.45, 7) is 5.28. The van der Waals surface area contributed by atoms with E-state index in [-0.39, 0.29) is 18.3 Å². The smallest absolute Gasteiger partial charge is 0.255 e. The van der Waals surface area contributed by atoms with Gasteiger partial charge in [0.25, 0.3) is 5.91 Å². The molecule has 0 aliphatic heterocycles. The van der Waals surface area contributed by atoms with Crippen LogP contribution in [0.25, 0.3) is 11.0 Å². The van der Waals surface area contributed by atoms with Crippen LogP contribution in [0.4, 0.5) is 5.82 Å². The molecule has 0 radical (unpaired) electrons. The molecule has 3 aromatic rings. The molecule has 26 heavy (non-hydrogen) atoms. The van der Waals surface area contributed by atoms with E-state index in [0.29, 0.717) is 23.8 Å². The molecule has 2 aromatic heterocycles. The summed E-state index contributed by atoms with van der Waals surface area (Å²) in [5, 5.41) is 3.76. The maximum Gasteiger partial charge on any atom is 0.255 e.